The summed E-state index contributed by atoms with van der Waals surface area (Å²) in [6.45, 7) is 7.56. The van der Waals surface area contributed by atoms with Crippen LogP contribution in [0.5, 0.6) is 0 Å². The van der Waals surface area contributed by atoms with E-state index in [9.17, 15) is 9.18 Å². The van der Waals surface area contributed by atoms with Crippen LogP contribution in [-0.2, 0) is 4.79 Å². The zero-order valence-electron chi connectivity index (χ0n) is 13.9. The molecule has 1 aliphatic heterocycles. The molecule has 22 heavy (non-hydrogen) atoms. The molecular formula is C18H27FN2O. The van der Waals surface area contributed by atoms with Crippen molar-refractivity contribution >= 4 is 11.6 Å². The number of hydrogen-bond donors (Lipinski definition) is 1. The molecule has 2 rings (SSSR count). The highest BCUT2D eigenvalue weighted by Gasteiger charge is 2.24. The van der Waals surface area contributed by atoms with Crippen LogP contribution in [0.3, 0.4) is 0 Å². The summed E-state index contributed by atoms with van der Waals surface area (Å²) in [6, 6.07) is 5.31. The van der Waals surface area contributed by atoms with Crippen LogP contribution >= 0.6 is 0 Å². The molecule has 1 N–H and O–H groups in total. The largest absolute Gasteiger partial charge is 0.367 e. The van der Waals surface area contributed by atoms with Gasteiger partial charge in [0.05, 0.1) is 5.69 Å². The molecule has 4 heteroatoms. The van der Waals surface area contributed by atoms with Gasteiger partial charge in [0.25, 0.3) is 0 Å². The average molecular weight is 306 g/mol. The quantitative estimate of drug-likeness (QED) is 0.900. The molecule has 1 saturated heterocycles. The molecule has 0 aromatic heterocycles. The van der Waals surface area contributed by atoms with Gasteiger partial charge < -0.3 is 10.2 Å². The average Bonchev–Trinajstić information content (AvgIpc) is 2.50. The number of carbonyl (C=O) groups is 1. The topological polar surface area (TPSA) is 32.3 Å². The maximum Gasteiger partial charge on any atom is 0.223 e. The number of nitrogens with zero attached hydrogens (tertiary/aromatic N) is 1. The Bertz CT molecular complexity index is 518. The van der Waals surface area contributed by atoms with E-state index in [4.69, 9.17) is 0 Å². The predicted octanol–water partition coefficient (Wildman–Crippen LogP) is 3.66. The summed E-state index contributed by atoms with van der Waals surface area (Å²) in [7, 11) is 0. The number of amides is 1. The van der Waals surface area contributed by atoms with Crippen LogP contribution in [0.1, 0.15) is 45.1 Å². The van der Waals surface area contributed by atoms with Crippen molar-refractivity contribution < 1.29 is 9.18 Å². The van der Waals surface area contributed by atoms with Gasteiger partial charge in [0.15, 0.2) is 0 Å². The number of anilines is 1. The molecule has 1 aromatic carbocycles. The molecular weight excluding hydrogens is 279 g/mol. The molecule has 0 spiro atoms. The summed E-state index contributed by atoms with van der Waals surface area (Å²) < 4.78 is 14.0. The molecule has 1 fully saturated rings. The van der Waals surface area contributed by atoms with Crippen LogP contribution in [0.2, 0.25) is 0 Å². The number of nitrogens with one attached hydrogen (secondary N) is 1. The number of rotatable bonds is 5. The highest BCUT2D eigenvalue weighted by molar-refractivity contribution is 5.78. The van der Waals surface area contributed by atoms with E-state index in [2.05, 4.69) is 17.1 Å². The third-order valence-corrected chi connectivity index (χ3v) is 4.38. The number of carbonyl (C=O) groups excluding carboxylic acids is 1. The lowest BCUT2D eigenvalue weighted by Gasteiger charge is -2.35. The van der Waals surface area contributed by atoms with Gasteiger partial charge >= 0.3 is 0 Å². The van der Waals surface area contributed by atoms with Crippen molar-refractivity contribution in [1.82, 2.24) is 5.32 Å². The van der Waals surface area contributed by atoms with E-state index < -0.39 is 0 Å². The molecule has 0 bridgehead atoms. The Morgan fingerprint density at radius 1 is 1.50 bits per heavy atom. The number of aryl methyl sites for hydroxylation is 1. The van der Waals surface area contributed by atoms with Crippen LogP contribution in [0.25, 0.3) is 0 Å². The normalized spacial score (nSPS) is 19.8. The van der Waals surface area contributed by atoms with Crippen molar-refractivity contribution in [3.05, 3.63) is 29.6 Å². The molecule has 0 saturated carbocycles. The van der Waals surface area contributed by atoms with E-state index in [0.29, 0.717) is 12.2 Å². The van der Waals surface area contributed by atoms with Gasteiger partial charge in [-0.15, -0.1) is 0 Å². The summed E-state index contributed by atoms with van der Waals surface area (Å²) in [4.78, 5) is 14.2. The zero-order valence-corrected chi connectivity index (χ0v) is 13.9. The smallest absolute Gasteiger partial charge is 0.223 e. The highest BCUT2D eigenvalue weighted by Crippen LogP contribution is 2.24. The lowest BCUT2D eigenvalue weighted by molar-refractivity contribution is -0.125. The maximum atomic E-state index is 14.0. The molecule has 1 aliphatic rings. The summed E-state index contributed by atoms with van der Waals surface area (Å²) >= 11 is 0. The van der Waals surface area contributed by atoms with Crippen molar-refractivity contribution in [3.8, 4) is 0 Å². The van der Waals surface area contributed by atoms with Crippen LogP contribution in [0, 0.1) is 18.7 Å². The Hall–Kier alpha value is -1.58. The van der Waals surface area contributed by atoms with Gasteiger partial charge in [-0.05, 0) is 43.9 Å². The van der Waals surface area contributed by atoms with Crippen LogP contribution in [-0.4, -0.2) is 25.0 Å². The standard InChI is InChI=1S/C18H27FN2O/c1-4-6-14(3)18(22)20-15-7-5-10-21(12-15)17-11-13(2)8-9-16(17)19/h8-9,11,14-15H,4-7,10,12H2,1-3H3,(H,20,22). The molecule has 3 nitrogen and oxygen atoms in total. The lowest BCUT2D eigenvalue weighted by Crippen LogP contribution is -2.49. The van der Waals surface area contributed by atoms with Crippen molar-refractivity contribution in [1.29, 1.82) is 0 Å². The first-order valence-electron chi connectivity index (χ1n) is 8.32. The Kier molecular flexibility index (Phi) is 5.81. The Labute approximate surface area is 132 Å². The molecule has 2 atom stereocenters. The van der Waals surface area contributed by atoms with E-state index in [1.54, 1.807) is 6.07 Å². The van der Waals surface area contributed by atoms with E-state index in [-0.39, 0.29) is 23.7 Å². The fourth-order valence-corrected chi connectivity index (χ4v) is 3.09. The third kappa shape index (κ3) is 4.21. The van der Waals surface area contributed by atoms with Gasteiger partial charge in [-0.1, -0.05) is 26.3 Å². The van der Waals surface area contributed by atoms with Crippen molar-refractivity contribution in [2.75, 3.05) is 18.0 Å². The molecule has 2 unspecified atom stereocenters. The lowest BCUT2D eigenvalue weighted by atomic mass is 10.0. The fourth-order valence-electron chi connectivity index (χ4n) is 3.09. The number of piperidine rings is 1. The minimum absolute atomic E-state index is 0.0519. The van der Waals surface area contributed by atoms with Gasteiger partial charge in [0.2, 0.25) is 5.91 Å². The van der Waals surface area contributed by atoms with Gasteiger partial charge in [-0.2, -0.15) is 0 Å². The maximum absolute atomic E-state index is 14.0. The second-order valence-corrected chi connectivity index (χ2v) is 6.44. The number of halogens is 1. The minimum atomic E-state index is -0.183. The Morgan fingerprint density at radius 2 is 2.27 bits per heavy atom. The van der Waals surface area contributed by atoms with Gasteiger partial charge in [-0.25, -0.2) is 4.39 Å². The predicted molar refractivity (Wildman–Crippen MR) is 88.6 cm³/mol. The molecule has 1 aromatic rings. The molecule has 0 radical (unpaired) electrons. The van der Waals surface area contributed by atoms with Gasteiger partial charge in [0.1, 0.15) is 5.82 Å². The first kappa shape index (κ1) is 16.8. The van der Waals surface area contributed by atoms with Crippen molar-refractivity contribution in [2.24, 2.45) is 5.92 Å². The SMILES string of the molecule is CCCC(C)C(=O)NC1CCCN(c2cc(C)ccc2F)C1. The first-order valence-corrected chi connectivity index (χ1v) is 8.32. The van der Waals surface area contributed by atoms with Crippen molar-refractivity contribution in [2.45, 2.75) is 52.5 Å². The monoisotopic (exact) mass is 306 g/mol. The fraction of sp³-hybridized carbons (Fsp3) is 0.611. The van der Waals surface area contributed by atoms with Gasteiger partial charge in [-0.3, -0.25) is 4.79 Å². The summed E-state index contributed by atoms with van der Waals surface area (Å²) in [5, 5.41) is 3.13. The van der Waals surface area contributed by atoms with E-state index >= 15 is 0 Å². The number of hydrogen-bond acceptors (Lipinski definition) is 2. The van der Waals surface area contributed by atoms with E-state index in [1.807, 2.05) is 19.9 Å². The highest BCUT2D eigenvalue weighted by atomic mass is 19.1. The van der Waals surface area contributed by atoms with Crippen molar-refractivity contribution in [3.63, 3.8) is 0 Å². The summed E-state index contributed by atoms with van der Waals surface area (Å²) in [5.41, 5.74) is 1.71. The molecule has 0 aliphatic carbocycles. The summed E-state index contributed by atoms with van der Waals surface area (Å²) in [5.74, 6) is -0.00794. The third-order valence-electron chi connectivity index (χ3n) is 4.38. The van der Waals surface area contributed by atoms with Crippen LogP contribution < -0.4 is 10.2 Å². The Balaban J connectivity index is 2.00. The molecule has 122 valence electrons. The summed E-state index contributed by atoms with van der Waals surface area (Å²) in [6.07, 6.45) is 3.86. The van der Waals surface area contributed by atoms with Crippen LogP contribution in [0.15, 0.2) is 18.2 Å². The minimum Gasteiger partial charge on any atom is -0.367 e. The number of benzene rings is 1. The van der Waals surface area contributed by atoms with Gasteiger partial charge in [0, 0.05) is 25.0 Å². The van der Waals surface area contributed by atoms with Crippen LogP contribution in [0.4, 0.5) is 10.1 Å². The second-order valence-electron chi connectivity index (χ2n) is 6.44. The second kappa shape index (κ2) is 7.61. The Morgan fingerprint density at radius 3 is 3.00 bits per heavy atom. The molecule has 1 amide bonds. The van der Waals surface area contributed by atoms with E-state index in [0.717, 1.165) is 37.8 Å². The van der Waals surface area contributed by atoms with E-state index in [1.165, 1.54) is 6.07 Å². The first-order chi connectivity index (χ1) is 10.5. The zero-order chi connectivity index (χ0) is 16.1. The molecule has 1 heterocycles.